The van der Waals surface area contributed by atoms with E-state index in [0.29, 0.717) is 5.92 Å². The summed E-state index contributed by atoms with van der Waals surface area (Å²) in [4.78, 5) is 0. The fourth-order valence-corrected chi connectivity index (χ4v) is 1.07. The van der Waals surface area contributed by atoms with Gasteiger partial charge in [-0.05, 0) is 25.3 Å². The molecule has 1 nitrogen and oxygen atoms in total. The van der Waals surface area contributed by atoms with Crippen LogP contribution in [-0.4, -0.2) is 7.05 Å². The predicted molar refractivity (Wildman–Crippen MR) is 51.4 cm³/mol. The van der Waals surface area contributed by atoms with Gasteiger partial charge in [0.2, 0.25) is 0 Å². The largest absolute Gasteiger partial charge is 0.391 e. The van der Waals surface area contributed by atoms with Crippen molar-refractivity contribution in [1.82, 2.24) is 5.32 Å². The molecular weight excluding hydrogens is 134 g/mol. The minimum atomic E-state index is 0.596. The van der Waals surface area contributed by atoms with E-state index in [1.54, 1.807) is 0 Å². The van der Waals surface area contributed by atoms with E-state index in [-0.39, 0.29) is 0 Å². The summed E-state index contributed by atoms with van der Waals surface area (Å²) in [6, 6.07) is 0. The zero-order chi connectivity index (χ0) is 8.85. The molecule has 0 amide bonds. The Morgan fingerprint density at radius 2 is 1.91 bits per heavy atom. The van der Waals surface area contributed by atoms with Crippen molar-refractivity contribution < 1.29 is 0 Å². The second kappa shape index (κ2) is 5.00. The van der Waals surface area contributed by atoms with Gasteiger partial charge in [0, 0.05) is 12.7 Å². The first-order valence-corrected chi connectivity index (χ1v) is 4.14. The molecule has 11 heavy (non-hydrogen) atoms. The highest BCUT2D eigenvalue weighted by Crippen LogP contribution is 2.14. The molecule has 64 valence electrons. The van der Waals surface area contributed by atoms with Crippen molar-refractivity contribution >= 4 is 0 Å². The van der Waals surface area contributed by atoms with E-state index in [9.17, 15) is 0 Å². The van der Waals surface area contributed by atoms with Crippen LogP contribution in [0.25, 0.3) is 0 Å². The van der Waals surface area contributed by atoms with Gasteiger partial charge in [-0.15, -0.1) is 0 Å². The maximum Gasteiger partial charge on any atom is 0.0107 e. The number of hydrogen-bond donors (Lipinski definition) is 1. The molecule has 0 rings (SSSR count). The van der Waals surface area contributed by atoms with Gasteiger partial charge in [-0.1, -0.05) is 26.0 Å². The molecule has 0 saturated carbocycles. The molecule has 0 radical (unpaired) electrons. The molecule has 0 saturated heterocycles. The topological polar surface area (TPSA) is 12.0 Å². The van der Waals surface area contributed by atoms with Gasteiger partial charge >= 0.3 is 0 Å². The third kappa shape index (κ3) is 3.26. The number of allylic oxidation sites excluding steroid dienone is 4. The molecule has 1 N–H and O–H groups in total. The van der Waals surface area contributed by atoms with E-state index in [4.69, 9.17) is 0 Å². The molecular formula is C10H19N. The molecule has 0 aliphatic rings. The van der Waals surface area contributed by atoms with Crippen LogP contribution in [0.15, 0.2) is 23.4 Å². The predicted octanol–water partition coefficient (Wildman–Crippen LogP) is 2.71. The lowest BCUT2D eigenvalue weighted by atomic mass is 10.0. The summed E-state index contributed by atoms with van der Waals surface area (Å²) in [5.41, 5.74) is 2.65. The second-order valence-electron chi connectivity index (χ2n) is 2.99. The van der Waals surface area contributed by atoms with Crippen molar-refractivity contribution in [1.29, 1.82) is 0 Å². The zero-order valence-corrected chi connectivity index (χ0v) is 8.23. The van der Waals surface area contributed by atoms with Gasteiger partial charge < -0.3 is 5.32 Å². The lowest BCUT2D eigenvalue weighted by Crippen LogP contribution is -2.07. The van der Waals surface area contributed by atoms with Crippen LogP contribution in [0, 0.1) is 5.92 Å². The molecule has 0 unspecified atom stereocenters. The molecule has 0 bridgehead atoms. The highest BCUT2D eigenvalue weighted by Gasteiger charge is 2.01. The van der Waals surface area contributed by atoms with Crippen molar-refractivity contribution in [3.8, 4) is 0 Å². The summed E-state index contributed by atoms with van der Waals surface area (Å²) in [7, 11) is 1.96. The van der Waals surface area contributed by atoms with Gasteiger partial charge in [0.05, 0.1) is 0 Å². The SMILES string of the molecule is C/C=C\C(=C(/C)NC)C(C)C. The maximum absolute atomic E-state index is 3.16. The van der Waals surface area contributed by atoms with Crippen LogP contribution < -0.4 is 5.32 Å². The summed E-state index contributed by atoms with van der Waals surface area (Å²) >= 11 is 0. The van der Waals surface area contributed by atoms with Gasteiger partial charge in [0.1, 0.15) is 0 Å². The molecule has 0 aromatic carbocycles. The Morgan fingerprint density at radius 1 is 1.36 bits per heavy atom. The van der Waals surface area contributed by atoms with Gasteiger partial charge in [0.15, 0.2) is 0 Å². The lowest BCUT2D eigenvalue weighted by Gasteiger charge is -2.11. The third-order valence-corrected chi connectivity index (χ3v) is 1.78. The van der Waals surface area contributed by atoms with E-state index in [1.165, 1.54) is 11.3 Å². The Bertz CT molecular complexity index is 164. The molecule has 0 fully saturated rings. The minimum Gasteiger partial charge on any atom is -0.391 e. The average Bonchev–Trinajstić information content (AvgIpc) is 1.98. The van der Waals surface area contributed by atoms with Crippen molar-refractivity contribution in [3.63, 3.8) is 0 Å². The van der Waals surface area contributed by atoms with Crippen LogP contribution >= 0.6 is 0 Å². The van der Waals surface area contributed by atoms with Crippen molar-refractivity contribution in [2.75, 3.05) is 7.05 Å². The van der Waals surface area contributed by atoms with Crippen molar-refractivity contribution in [2.45, 2.75) is 27.7 Å². The Balaban J connectivity index is 4.57. The molecule has 0 aliphatic heterocycles. The third-order valence-electron chi connectivity index (χ3n) is 1.78. The van der Waals surface area contributed by atoms with Gasteiger partial charge in [-0.3, -0.25) is 0 Å². The van der Waals surface area contributed by atoms with E-state index in [2.05, 4.69) is 38.2 Å². The zero-order valence-electron chi connectivity index (χ0n) is 8.23. The summed E-state index contributed by atoms with van der Waals surface area (Å²) in [6.07, 6.45) is 4.24. The van der Waals surface area contributed by atoms with E-state index < -0.39 is 0 Å². The Hall–Kier alpha value is -0.720. The molecule has 0 aliphatic carbocycles. The Labute approximate surface area is 70.2 Å². The number of hydrogen-bond acceptors (Lipinski definition) is 1. The quantitative estimate of drug-likeness (QED) is 0.615. The molecule has 1 heteroatoms. The summed E-state index contributed by atoms with van der Waals surface area (Å²) in [6.45, 7) is 8.56. The van der Waals surface area contributed by atoms with Crippen molar-refractivity contribution in [3.05, 3.63) is 23.4 Å². The molecule has 0 atom stereocenters. The van der Waals surface area contributed by atoms with E-state index in [1.807, 2.05) is 14.0 Å². The Morgan fingerprint density at radius 3 is 2.18 bits per heavy atom. The highest BCUT2D eigenvalue weighted by atomic mass is 14.8. The van der Waals surface area contributed by atoms with Crippen LogP contribution in [0.2, 0.25) is 0 Å². The smallest absolute Gasteiger partial charge is 0.0107 e. The summed E-state index contributed by atoms with van der Waals surface area (Å²) in [5.74, 6) is 0.596. The normalized spacial score (nSPS) is 14.0. The monoisotopic (exact) mass is 153 g/mol. The molecule has 0 heterocycles. The standard InChI is InChI=1S/C10H19N/c1-6-7-10(8(2)3)9(4)11-5/h6-8,11H,1-5H3/b7-6-,10-9-. The van der Waals surface area contributed by atoms with Crippen LogP contribution in [-0.2, 0) is 0 Å². The minimum absolute atomic E-state index is 0.596. The Kier molecular flexibility index (Phi) is 4.67. The van der Waals surface area contributed by atoms with Crippen molar-refractivity contribution in [2.24, 2.45) is 5.92 Å². The molecule has 0 aromatic heterocycles. The van der Waals surface area contributed by atoms with Crippen LogP contribution in [0.4, 0.5) is 0 Å². The average molecular weight is 153 g/mol. The van der Waals surface area contributed by atoms with Gasteiger partial charge in [0.25, 0.3) is 0 Å². The van der Waals surface area contributed by atoms with Gasteiger partial charge in [-0.25, -0.2) is 0 Å². The molecule has 0 aromatic rings. The van der Waals surface area contributed by atoms with E-state index in [0.717, 1.165) is 0 Å². The number of rotatable bonds is 3. The highest BCUT2D eigenvalue weighted by molar-refractivity contribution is 5.24. The summed E-state index contributed by atoms with van der Waals surface area (Å²) < 4.78 is 0. The summed E-state index contributed by atoms with van der Waals surface area (Å²) in [5, 5.41) is 3.16. The lowest BCUT2D eigenvalue weighted by molar-refractivity contribution is 0.760. The van der Waals surface area contributed by atoms with Crippen LogP contribution in [0.5, 0.6) is 0 Å². The van der Waals surface area contributed by atoms with E-state index >= 15 is 0 Å². The maximum atomic E-state index is 3.16. The van der Waals surface area contributed by atoms with Gasteiger partial charge in [-0.2, -0.15) is 0 Å². The fourth-order valence-electron chi connectivity index (χ4n) is 1.07. The first kappa shape index (κ1) is 10.3. The first-order chi connectivity index (χ1) is 5.13. The number of nitrogens with one attached hydrogen (secondary N) is 1. The molecule has 0 spiro atoms. The van der Waals surface area contributed by atoms with Crippen LogP contribution in [0.3, 0.4) is 0 Å². The first-order valence-electron chi connectivity index (χ1n) is 4.14. The second-order valence-corrected chi connectivity index (χ2v) is 2.99. The fraction of sp³-hybridized carbons (Fsp3) is 0.600. The van der Waals surface area contributed by atoms with Crippen LogP contribution in [0.1, 0.15) is 27.7 Å².